The molecule has 5 aromatic rings. The molecular weight excluding hydrogens is 1370 g/mol. The highest BCUT2D eigenvalue weighted by atomic mass is 19.4. The summed E-state index contributed by atoms with van der Waals surface area (Å²) in [7, 11) is 9.98. The molecule has 5 aromatic heterocycles. The topological polar surface area (TPSA) is 327 Å². The Bertz CT molecular complexity index is 3450. The van der Waals surface area contributed by atoms with Gasteiger partial charge in [-0.1, -0.05) is 66.7 Å². The molecule has 0 saturated carbocycles. The molecule has 40 heteroatoms. The van der Waals surface area contributed by atoms with Crippen LogP contribution in [-0.4, -0.2) is 227 Å². The van der Waals surface area contributed by atoms with E-state index < -0.39 is 97.2 Å². The average Bonchev–Trinajstić information content (AvgIpc) is 1.68. The molecule has 4 N–H and O–H groups in total. The number of likely N-dealkylation sites (N-methyl/N-ethyl adjacent to an activating group) is 5. The number of aliphatic hydroxyl groups is 4. The number of hydrogen-bond acceptors (Lipinski definition) is 19. The highest BCUT2D eigenvalue weighted by Gasteiger charge is 2.50. The van der Waals surface area contributed by atoms with Gasteiger partial charge in [0.1, 0.15) is 28.7 Å². The molecule has 31 nitrogen and oxygen atoms in total. The maximum atomic E-state index is 12.7. The van der Waals surface area contributed by atoms with E-state index in [-0.39, 0.29) is 79.9 Å². The van der Waals surface area contributed by atoms with Gasteiger partial charge in [0.25, 0.3) is 0 Å². The van der Waals surface area contributed by atoms with E-state index in [1.165, 1.54) is 55.4 Å². The fourth-order valence-corrected chi connectivity index (χ4v) is 10.3. The number of carbonyl (C=O) groups excluding carboxylic acids is 5. The predicted octanol–water partition coefficient (Wildman–Crippen LogP) is 9.08. The third-order valence-corrected chi connectivity index (χ3v) is 16.4. The molecule has 10 amide bonds. The second-order valence-electron chi connectivity index (χ2n) is 25.2. The van der Waals surface area contributed by atoms with Gasteiger partial charge in [-0.3, -0.25) is 29.0 Å². The largest absolute Gasteiger partial charge is 0.433 e. The normalized spacial score (nSPS) is 23.4. The standard InChI is InChI=1S/2C13H21N3O4.C12H14F3N3O3.C11H15F3N4O.C10H13F3N4O2.2CH4/c2*1-6-19-11-10(17)16(12(18)15(11)5)9-7-8(20-14-9)13(2,3)4;1-3-21-10-9(19)18(11(20)17(10)2)8-6-7(4-5-16-8)12(13,14)15;1-6-7(2)18(10(19)16(6)3)9-5-8(11(12,13)14)17(4)15-9;1-5-8(18)17(9(19)15(5)2)7-4-6(10(11,12)13)16(3)14-7;;/h2*7,10-11,17H,6H2,1-5H3;4-6,9-10,19H,3H2,1-2H3;5-7H,1-4H3;4-5,8,18H,1-3H3;2*1H4/t2*10?,11-;9?,10-;6-,7?;5-,8?;;/m10001../s1. The Morgan fingerprint density at radius 3 is 1.02 bits per heavy atom. The zero-order chi connectivity index (χ0) is 75.0. The van der Waals surface area contributed by atoms with Gasteiger partial charge in [0, 0.05) is 110 Å². The minimum Gasteiger partial charge on any atom is -0.371 e. The molecule has 10 rings (SSSR count). The summed E-state index contributed by atoms with van der Waals surface area (Å²) in [6.45, 7) is 23.4. The summed E-state index contributed by atoms with van der Waals surface area (Å²) in [4.78, 5) is 75.8. The van der Waals surface area contributed by atoms with Crippen molar-refractivity contribution >= 4 is 59.2 Å². The number of anilines is 5. The van der Waals surface area contributed by atoms with Crippen LogP contribution in [-0.2, 0) is 57.7 Å². The minimum atomic E-state index is -4.56. The molecule has 5 unspecified atom stereocenters. The summed E-state index contributed by atoms with van der Waals surface area (Å²) in [6, 6.07) is 3.30. The second kappa shape index (κ2) is 32.2. The summed E-state index contributed by atoms with van der Waals surface area (Å²) in [5, 5.41) is 55.7. The van der Waals surface area contributed by atoms with Gasteiger partial charge in [0.05, 0.1) is 23.7 Å². The molecule has 5 aliphatic heterocycles. The van der Waals surface area contributed by atoms with Gasteiger partial charge >= 0.3 is 48.7 Å². The maximum Gasteiger partial charge on any atom is 0.433 e. The number of carbonyl (C=O) groups is 5. The molecule has 5 aliphatic rings. The summed E-state index contributed by atoms with van der Waals surface area (Å²) >= 11 is 0. The highest BCUT2D eigenvalue weighted by Crippen LogP contribution is 2.39. The first-order valence-electron chi connectivity index (χ1n) is 30.7. The lowest BCUT2D eigenvalue weighted by atomic mass is 9.93. The van der Waals surface area contributed by atoms with Gasteiger partial charge < -0.3 is 53.5 Å². The van der Waals surface area contributed by atoms with Crippen molar-refractivity contribution in [2.24, 2.45) is 14.1 Å². The van der Waals surface area contributed by atoms with Gasteiger partial charge in [-0.25, -0.2) is 48.6 Å². The monoisotopic (exact) mass is 1460 g/mol. The number of ether oxygens (including phenoxy) is 3. The third-order valence-electron chi connectivity index (χ3n) is 16.4. The zero-order valence-electron chi connectivity index (χ0n) is 57.8. The molecule has 10 atom stereocenters. The smallest absolute Gasteiger partial charge is 0.371 e. The van der Waals surface area contributed by atoms with Crippen molar-refractivity contribution in [1.82, 2.24) is 59.4 Å². The Labute approximate surface area is 578 Å². The summed E-state index contributed by atoms with van der Waals surface area (Å²) < 4.78 is 142. The number of hydrogen-bond donors (Lipinski definition) is 4. The first-order chi connectivity index (χ1) is 45.6. The third kappa shape index (κ3) is 17.8. The van der Waals surface area contributed by atoms with Crippen molar-refractivity contribution in [3.63, 3.8) is 0 Å². The van der Waals surface area contributed by atoms with Gasteiger partial charge in [-0.15, -0.1) is 0 Å². The van der Waals surface area contributed by atoms with Crippen LogP contribution in [0.2, 0.25) is 0 Å². The van der Waals surface area contributed by atoms with E-state index in [4.69, 9.17) is 23.3 Å². The number of aliphatic hydroxyl groups excluding tert-OH is 4. The number of alkyl halides is 9. The Hall–Kier alpha value is -8.57. The van der Waals surface area contributed by atoms with E-state index in [1.807, 2.05) is 62.3 Å². The maximum absolute atomic E-state index is 12.7. The number of aryl methyl sites for hydroxylation is 2. The number of nitrogens with zero attached hydrogens (tertiary/aromatic N) is 17. The Kier molecular flexibility index (Phi) is 27.0. The molecule has 568 valence electrons. The quantitative estimate of drug-likeness (QED) is 0.0895. The molecule has 0 radical (unpaired) electrons. The van der Waals surface area contributed by atoms with Crippen molar-refractivity contribution < 1.29 is 107 Å². The minimum absolute atomic E-state index is 0. The summed E-state index contributed by atoms with van der Waals surface area (Å²) in [5.41, 5.74) is -3.24. The van der Waals surface area contributed by atoms with Gasteiger partial charge in [-0.2, -0.15) is 49.7 Å². The molecule has 0 bridgehead atoms. The zero-order valence-corrected chi connectivity index (χ0v) is 57.8. The Balaban J connectivity index is 0.000000267. The number of halogens is 9. The molecule has 0 aliphatic carbocycles. The van der Waals surface area contributed by atoms with E-state index in [0.717, 1.165) is 50.8 Å². The molecule has 10 heterocycles. The van der Waals surface area contributed by atoms with E-state index in [0.29, 0.717) is 47.1 Å². The van der Waals surface area contributed by atoms with Crippen molar-refractivity contribution in [2.45, 2.75) is 189 Å². The van der Waals surface area contributed by atoms with Crippen molar-refractivity contribution in [2.75, 3.05) is 79.6 Å². The van der Waals surface area contributed by atoms with Crippen LogP contribution in [0.25, 0.3) is 0 Å². The molecular formula is C61H92F9N17O14. The number of amides is 10. The van der Waals surface area contributed by atoms with Crippen LogP contribution in [0.4, 0.5) is 92.6 Å². The van der Waals surface area contributed by atoms with E-state index in [2.05, 4.69) is 25.5 Å². The van der Waals surface area contributed by atoms with Crippen LogP contribution in [0.15, 0.2) is 51.6 Å². The highest BCUT2D eigenvalue weighted by molar-refractivity contribution is 5.96. The Morgan fingerprint density at radius 1 is 0.426 bits per heavy atom. The number of pyridine rings is 1. The molecule has 101 heavy (non-hydrogen) atoms. The van der Waals surface area contributed by atoms with Crippen LogP contribution in [0, 0.1) is 0 Å². The first-order valence-corrected chi connectivity index (χ1v) is 30.7. The lowest BCUT2D eigenvalue weighted by molar-refractivity contribution is -0.144. The van der Waals surface area contributed by atoms with Crippen LogP contribution in [0.5, 0.6) is 0 Å². The SMILES string of the molecule is C.C.CC1[C@H](C)N(C)C(=O)N1c1cc(C(F)(F)F)n(C)n1.CCO[C@@H]1C(O)N(c2cc(C(C)(C)C)on2)C(=O)N1C.CCO[C@H]1C(O)N(c2cc(C(C)(C)C)on2)C(=O)N1C.CCO[C@H]1C(O)N(c2cc(C(F)(F)F)ccn2)C(=O)N1C.C[C@@H]1C(O)N(c2cc(C(F)(F)F)n(C)n2)C(=O)N1C. The number of rotatable bonds is 11. The lowest BCUT2D eigenvalue weighted by Gasteiger charge is -2.21. The molecule has 0 aromatic carbocycles. The number of aromatic nitrogens is 7. The van der Waals surface area contributed by atoms with Crippen LogP contribution in [0.1, 0.15) is 126 Å². The van der Waals surface area contributed by atoms with Crippen molar-refractivity contribution in [1.29, 1.82) is 0 Å². The van der Waals surface area contributed by atoms with Gasteiger partial charge in [0.15, 0.2) is 66.9 Å². The van der Waals surface area contributed by atoms with Crippen molar-refractivity contribution in [3.05, 3.63) is 71.1 Å². The van der Waals surface area contributed by atoms with Crippen LogP contribution >= 0.6 is 0 Å². The lowest BCUT2D eigenvalue weighted by Crippen LogP contribution is -2.38. The van der Waals surface area contributed by atoms with Gasteiger partial charge in [-0.05, 0) is 53.7 Å². The fraction of sp³-hybridized carbons (Fsp3) is 0.639. The predicted molar refractivity (Wildman–Crippen MR) is 346 cm³/mol. The van der Waals surface area contributed by atoms with Crippen LogP contribution in [0.3, 0.4) is 0 Å². The number of urea groups is 5. The van der Waals surface area contributed by atoms with E-state index in [9.17, 15) is 83.9 Å². The average molecular weight is 1460 g/mol. The fourth-order valence-electron chi connectivity index (χ4n) is 10.3. The second-order valence-corrected chi connectivity index (χ2v) is 25.2. The molecule has 0 spiro atoms. The Morgan fingerprint density at radius 2 is 0.743 bits per heavy atom. The summed E-state index contributed by atoms with van der Waals surface area (Å²) in [6.07, 6.45) is -19.9. The molecule has 5 saturated heterocycles. The van der Waals surface area contributed by atoms with Crippen molar-refractivity contribution in [3.8, 4) is 0 Å². The molecule has 5 fully saturated rings. The van der Waals surface area contributed by atoms with E-state index >= 15 is 0 Å². The van der Waals surface area contributed by atoms with Crippen LogP contribution < -0.4 is 24.5 Å². The first kappa shape index (κ1) is 84.8. The van der Waals surface area contributed by atoms with E-state index in [1.54, 1.807) is 54.0 Å². The van der Waals surface area contributed by atoms with Gasteiger partial charge in [0.2, 0.25) is 0 Å². The summed E-state index contributed by atoms with van der Waals surface area (Å²) in [5.74, 6) is 1.41.